The Morgan fingerprint density at radius 1 is 1.30 bits per heavy atom. The lowest BCUT2D eigenvalue weighted by Gasteiger charge is -2.28. The summed E-state index contributed by atoms with van der Waals surface area (Å²) in [5, 5.41) is 11.0. The molecule has 1 aromatic carbocycles. The van der Waals surface area contributed by atoms with Gasteiger partial charge in [0.05, 0.1) is 24.0 Å². The summed E-state index contributed by atoms with van der Waals surface area (Å²) in [5.74, 6) is -1.61. The Labute approximate surface area is 161 Å². The Kier molecular flexibility index (Phi) is 4.76. The van der Waals surface area contributed by atoms with Gasteiger partial charge < -0.3 is 19.2 Å². The van der Waals surface area contributed by atoms with Crippen LogP contribution in [0, 0.1) is 0 Å². The highest BCUT2D eigenvalue weighted by molar-refractivity contribution is 6.30. The van der Waals surface area contributed by atoms with E-state index >= 15 is 0 Å². The first-order valence-corrected chi connectivity index (χ1v) is 9.13. The molecule has 1 amide bonds. The normalized spacial score (nSPS) is 22.7. The monoisotopic (exact) mass is 387 g/mol. The van der Waals surface area contributed by atoms with E-state index in [-0.39, 0.29) is 24.0 Å². The van der Waals surface area contributed by atoms with Gasteiger partial charge in [-0.25, -0.2) is 0 Å². The number of carbonyl (C=O) groups is 2. The first kappa shape index (κ1) is 17.8. The van der Waals surface area contributed by atoms with Crippen LogP contribution >= 0.6 is 11.6 Å². The van der Waals surface area contributed by atoms with E-state index in [0.717, 1.165) is 12.8 Å². The smallest absolute Gasteiger partial charge is 0.290 e. The molecule has 0 spiro atoms. The van der Waals surface area contributed by atoms with Gasteiger partial charge in [0.1, 0.15) is 0 Å². The number of ketones is 1. The summed E-state index contributed by atoms with van der Waals surface area (Å²) in [6, 6.07) is 9.26. The highest BCUT2D eigenvalue weighted by Gasteiger charge is 2.45. The standard InChI is InChI=1S/C20H18ClNO5/c21-13-5-1-4-12(10-13)17-16(18(23)15-7-3-9-27-15)19(24)20(25)22(17)11-14-6-2-8-26-14/h1,3-5,7,9-10,14,17,24H,2,6,8,11H2/t14-,17-/m1/s1. The fourth-order valence-corrected chi connectivity index (χ4v) is 3.84. The predicted molar refractivity (Wildman–Crippen MR) is 97.6 cm³/mol. The highest BCUT2D eigenvalue weighted by atomic mass is 35.5. The third-order valence-electron chi connectivity index (χ3n) is 4.88. The lowest BCUT2D eigenvalue weighted by Crippen LogP contribution is -2.37. The van der Waals surface area contributed by atoms with Crippen molar-refractivity contribution in [1.29, 1.82) is 0 Å². The Morgan fingerprint density at radius 3 is 2.81 bits per heavy atom. The molecule has 1 fully saturated rings. The number of carbonyl (C=O) groups excluding carboxylic acids is 2. The van der Waals surface area contributed by atoms with Crippen LogP contribution < -0.4 is 0 Å². The summed E-state index contributed by atoms with van der Waals surface area (Å²) >= 11 is 6.13. The molecule has 4 rings (SSSR count). The van der Waals surface area contributed by atoms with Crippen molar-refractivity contribution >= 4 is 23.3 Å². The van der Waals surface area contributed by atoms with Gasteiger partial charge in [-0.3, -0.25) is 9.59 Å². The number of hydrogen-bond donors (Lipinski definition) is 1. The molecule has 7 heteroatoms. The molecule has 1 N–H and O–H groups in total. The zero-order valence-corrected chi connectivity index (χ0v) is 15.2. The van der Waals surface area contributed by atoms with Gasteiger partial charge in [0.15, 0.2) is 11.5 Å². The third-order valence-corrected chi connectivity index (χ3v) is 5.12. The summed E-state index contributed by atoms with van der Waals surface area (Å²) in [5.41, 5.74) is 0.642. The van der Waals surface area contributed by atoms with Crippen LogP contribution in [-0.2, 0) is 9.53 Å². The first-order valence-electron chi connectivity index (χ1n) is 8.75. The number of amides is 1. The van der Waals surface area contributed by atoms with Crippen LogP contribution in [0.25, 0.3) is 0 Å². The molecule has 6 nitrogen and oxygen atoms in total. The van der Waals surface area contributed by atoms with Crippen molar-refractivity contribution in [3.05, 3.63) is 70.3 Å². The van der Waals surface area contributed by atoms with Gasteiger partial charge >= 0.3 is 0 Å². The number of nitrogens with zero attached hydrogens (tertiary/aromatic N) is 1. The van der Waals surface area contributed by atoms with Gasteiger partial charge in [-0.1, -0.05) is 23.7 Å². The van der Waals surface area contributed by atoms with Crippen LogP contribution in [-0.4, -0.2) is 41.0 Å². The van der Waals surface area contributed by atoms with E-state index < -0.39 is 23.5 Å². The minimum atomic E-state index is -0.752. The van der Waals surface area contributed by atoms with E-state index in [1.807, 2.05) is 0 Å². The molecule has 0 radical (unpaired) electrons. The number of rotatable bonds is 5. The molecule has 2 aromatic rings. The van der Waals surface area contributed by atoms with Crippen molar-refractivity contribution in [3.8, 4) is 0 Å². The second kappa shape index (κ2) is 7.21. The van der Waals surface area contributed by atoms with E-state index in [2.05, 4.69) is 0 Å². The summed E-state index contributed by atoms with van der Waals surface area (Å²) in [6.45, 7) is 0.932. The summed E-state index contributed by atoms with van der Waals surface area (Å²) < 4.78 is 10.8. The maximum absolute atomic E-state index is 13.0. The number of aliphatic hydroxyl groups excluding tert-OH is 1. The molecule has 1 aromatic heterocycles. The van der Waals surface area contributed by atoms with Crippen molar-refractivity contribution in [3.63, 3.8) is 0 Å². The van der Waals surface area contributed by atoms with Gasteiger partial charge in [0.25, 0.3) is 5.91 Å². The molecule has 3 heterocycles. The van der Waals surface area contributed by atoms with Crippen LogP contribution in [0.1, 0.15) is 35.0 Å². The second-order valence-corrected chi connectivity index (χ2v) is 7.06. The first-order chi connectivity index (χ1) is 13.1. The molecule has 2 atom stereocenters. The van der Waals surface area contributed by atoms with Gasteiger partial charge in [-0.05, 0) is 42.7 Å². The Hall–Kier alpha value is -2.57. The Bertz CT molecular complexity index is 899. The van der Waals surface area contributed by atoms with Crippen LogP contribution in [0.4, 0.5) is 0 Å². The molecule has 1 saturated heterocycles. The van der Waals surface area contributed by atoms with E-state index in [1.165, 1.54) is 17.2 Å². The lowest BCUT2D eigenvalue weighted by molar-refractivity contribution is -0.131. The topological polar surface area (TPSA) is 80.0 Å². The van der Waals surface area contributed by atoms with Crippen molar-refractivity contribution in [2.24, 2.45) is 0 Å². The average molecular weight is 388 g/mol. The van der Waals surface area contributed by atoms with Crippen molar-refractivity contribution in [2.75, 3.05) is 13.2 Å². The minimum Gasteiger partial charge on any atom is -0.503 e. The zero-order valence-electron chi connectivity index (χ0n) is 14.4. The highest BCUT2D eigenvalue weighted by Crippen LogP contribution is 2.40. The maximum Gasteiger partial charge on any atom is 0.290 e. The molecule has 2 aliphatic heterocycles. The molecule has 27 heavy (non-hydrogen) atoms. The number of aliphatic hydroxyl groups is 1. The lowest BCUT2D eigenvalue weighted by atomic mass is 9.95. The summed E-state index contributed by atoms with van der Waals surface area (Å²) in [6.07, 6.45) is 3.00. The van der Waals surface area contributed by atoms with E-state index in [4.69, 9.17) is 20.8 Å². The molecular formula is C20H18ClNO5. The number of ether oxygens (including phenoxy) is 1. The van der Waals surface area contributed by atoms with Crippen LogP contribution in [0.2, 0.25) is 5.02 Å². The summed E-state index contributed by atoms with van der Waals surface area (Å²) in [4.78, 5) is 27.2. The fourth-order valence-electron chi connectivity index (χ4n) is 3.65. The van der Waals surface area contributed by atoms with Crippen LogP contribution in [0.15, 0.2) is 58.4 Å². The van der Waals surface area contributed by atoms with Crippen molar-refractivity contribution in [1.82, 2.24) is 4.90 Å². The number of benzene rings is 1. The number of hydrogen-bond acceptors (Lipinski definition) is 5. The van der Waals surface area contributed by atoms with E-state index in [9.17, 15) is 14.7 Å². The van der Waals surface area contributed by atoms with Gasteiger partial charge in [0.2, 0.25) is 5.78 Å². The molecule has 0 bridgehead atoms. The molecule has 2 aliphatic rings. The Morgan fingerprint density at radius 2 is 2.15 bits per heavy atom. The van der Waals surface area contributed by atoms with Crippen molar-refractivity contribution < 1.29 is 23.8 Å². The quantitative estimate of drug-likeness (QED) is 0.791. The number of halogens is 1. The molecule has 0 unspecified atom stereocenters. The second-order valence-electron chi connectivity index (χ2n) is 6.62. The van der Waals surface area contributed by atoms with E-state index in [0.29, 0.717) is 17.2 Å². The van der Waals surface area contributed by atoms with Gasteiger partial charge in [-0.2, -0.15) is 0 Å². The Balaban J connectivity index is 1.76. The number of furan rings is 1. The predicted octanol–water partition coefficient (Wildman–Crippen LogP) is 3.69. The van der Waals surface area contributed by atoms with Gasteiger partial charge in [0, 0.05) is 18.2 Å². The fraction of sp³-hybridized carbons (Fsp3) is 0.300. The summed E-state index contributed by atoms with van der Waals surface area (Å²) in [7, 11) is 0. The third kappa shape index (κ3) is 3.26. The molecule has 0 aliphatic carbocycles. The van der Waals surface area contributed by atoms with Crippen LogP contribution in [0.3, 0.4) is 0 Å². The van der Waals surface area contributed by atoms with E-state index in [1.54, 1.807) is 30.3 Å². The minimum absolute atomic E-state index is 0.00443. The average Bonchev–Trinajstić information content (AvgIpc) is 3.40. The van der Waals surface area contributed by atoms with Crippen molar-refractivity contribution in [2.45, 2.75) is 25.0 Å². The molecule has 140 valence electrons. The molecular weight excluding hydrogens is 370 g/mol. The largest absolute Gasteiger partial charge is 0.503 e. The number of Topliss-reactive ketones (excluding diaryl/α,β-unsaturated/α-hetero) is 1. The zero-order chi connectivity index (χ0) is 19.0. The maximum atomic E-state index is 13.0. The molecule has 0 saturated carbocycles. The van der Waals surface area contributed by atoms with Gasteiger partial charge in [-0.15, -0.1) is 0 Å². The van der Waals surface area contributed by atoms with Crippen LogP contribution in [0.5, 0.6) is 0 Å². The SMILES string of the molecule is O=C(C1=C(O)C(=O)N(C[C@H]2CCCO2)[C@@H]1c1cccc(Cl)c1)c1ccco1.